The SMILES string of the molecule is CC(C)n1c(=O)c2cnc(Nc3ccc4c(c3)C(=O)NC4(C)C)nc2n1-c1cccc(C(C)(C)C)n1. The smallest absolute Gasteiger partial charge is 0.278 e. The van der Waals surface area contributed by atoms with E-state index in [1.54, 1.807) is 21.6 Å². The first kappa shape index (κ1) is 23.7. The first-order valence-electron chi connectivity index (χ1n) is 12.1. The van der Waals surface area contributed by atoms with Crippen LogP contribution in [0.3, 0.4) is 0 Å². The second-order valence-corrected chi connectivity index (χ2v) is 11.1. The Morgan fingerprint density at radius 1 is 1.06 bits per heavy atom. The van der Waals surface area contributed by atoms with Crippen molar-refractivity contribution in [2.24, 2.45) is 0 Å². The number of anilines is 2. The van der Waals surface area contributed by atoms with Gasteiger partial charge < -0.3 is 10.6 Å². The summed E-state index contributed by atoms with van der Waals surface area (Å²) in [7, 11) is 0. The van der Waals surface area contributed by atoms with Crippen LogP contribution in [-0.2, 0) is 11.0 Å². The highest BCUT2D eigenvalue weighted by Crippen LogP contribution is 2.33. The third-order valence-corrected chi connectivity index (χ3v) is 6.45. The number of rotatable bonds is 4. The van der Waals surface area contributed by atoms with E-state index in [2.05, 4.69) is 36.4 Å². The van der Waals surface area contributed by atoms with Gasteiger partial charge in [0.2, 0.25) is 5.95 Å². The van der Waals surface area contributed by atoms with Gasteiger partial charge in [-0.2, -0.15) is 4.98 Å². The summed E-state index contributed by atoms with van der Waals surface area (Å²) < 4.78 is 3.42. The Kier molecular flexibility index (Phi) is 5.28. The number of fused-ring (bicyclic) bond motifs is 2. The second kappa shape index (κ2) is 8.01. The van der Waals surface area contributed by atoms with Crippen molar-refractivity contribution >= 4 is 28.6 Å². The zero-order valence-corrected chi connectivity index (χ0v) is 21.7. The van der Waals surface area contributed by atoms with Crippen LogP contribution in [0.4, 0.5) is 11.6 Å². The monoisotopic (exact) mass is 485 g/mol. The molecule has 9 heteroatoms. The molecule has 0 saturated carbocycles. The molecule has 0 saturated heterocycles. The van der Waals surface area contributed by atoms with Crippen molar-refractivity contribution < 1.29 is 4.79 Å². The normalized spacial score (nSPS) is 14.8. The zero-order chi connectivity index (χ0) is 26.0. The van der Waals surface area contributed by atoms with E-state index in [0.717, 1.165) is 11.3 Å². The van der Waals surface area contributed by atoms with Gasteiger partial charge in [0.05, 0.1) is 5.54 Å². The van der Waals surface area contributed by atoms with Crippen LogP contribution in [0.2, 0.25) is 0 Å². The van der Waals surface area contributed by atoms with Crippen molar-refractivity contribution in [3.8, 4) is 5.82 Å². The van der Waals surface area contributed by atoms with E-state index in [1.807, 2.05) is 58.0 Å². The third kappa shape index (κ3) is 3.84. The molecule has 9 nitrogen and oxygen atoms in total. The lowest BCUT2D eigenvalue weighted by atomic mass is 9.92. The number of carbonyl (C=O) groups is 1. The minimum Gasteiger partial charge on any atom is -0.343 e. The Labute approximate surface area is 209 Å². The van der Waals surface area contributed by atoms with Crippen molar-refractivity contribution in [2.75, 3.05) is 5.32 Å². The quantitative estimate of drug-likeness (QED) is 0.438. The molecule has 186 valence electrons. The molecule has 4 heterocycles. The molecule has 0 fully saturated rings. The molecule has 0 unspecified atom stereocenters. The standard InChI is InChI=1S/C27H31N7O2/c1-15(2)33-24(36)18-14-28-25(29-16-11-12-19-17(13-16)23(35)32-27(19,6)7)31-22(18)34(33)21-10-8-9-20(30-21)26(3,4)5/h8-15H,1-7H3,(H,32,35)(H,28,29,31). The summed E-state index contributed by atoms with van der Waals surface area (Å²) in [6, 6.07) is 11.3. The highest BCUT2D eigenvalue weighted by Gasteiger charge is 2.35. The highest BCUT2D eigenvalue weighted by atomic mass is 16.2. The van der Waals surface area contributed by atoms with Crippen LogP contribution in [-0.4, -0.2) is 30.2 Å². The number of carbonyl (C=O) groups excluding carboxylic acids is 1. The van der Waals surface area contributed by atoms with Crippen molar-refractivity contribution in [2.45, 2.75) is 65.5 Å². The Morgan fingerprint density at radius 3 is 2.50 bits per heavy atom. The van der Waals surface area contributed by atoms with E-state index in [9.17, 15) is 9.59 Å². The number of nitrogens with zero attached hydrogens (tertiary/aromatic N) is 5. The van der Waals surface area contributed by atoms with Gasteiger partial charge in [0, 0.05) is 34.6 Å². The molecule has 0 atom stereocenters. The molecule has 36 heavy (non-hydrogen) atoms. The maximum absolute atomic E-state index is 13.3. The number of hydrogen-bond acceptors (Lipinski definition) is 6. The van der Waals surface area contributed by atoms with Gasteiger partial charge in [-0.05, 0) is 57.5 Å². The van der Waals surface area contributed by atoms with E-state index < -0.39 is 5.54 Å². The summed E-state index contributed by atoms with van der Waals surface area (Å²) >= 11 is 0. The summed E-state index contributed by atoms with van der Waals surface area (Å²) in [5.41, 5.74) is 2.89. The molecule has 1 aliphatic rings. The molecule has 5 rings (SSSR count). The van der Waals surface area contributed by atoms with Crippen LogP contribution in [0.5, 0.6) is 0 Å². The Bertz CT molecular complexity index is 1570. The molecule has 3 aromatic heterocycles. The van der Waals surface area contributed by atoms with Crippen molar-refractivity contribution in [3.05, 3.63) is 69.8 Å². The van der Waals surface area contributed by atoms with Gasteiger partial charge in [-0.25, -0.2) is 19.3 Å². The number of nitrogens with one attached hydrogen (secondary N) is 2. The average Bonchev–Trinajstić information content (AvgIpc) is 3.22. The van der Waals surface area contributed by atoms with E-state index in [0.29, 0.717) is 34.1 Å². The van der Waals surface area contributed by atoms with Crippen molar-refractivity contribution in [1.82, 2.24) is 29.6 Å². The fourth-order valence-corrected chi connectivity index (χ4v) is 4.61. The number of aromatic nitrogens is 5. The van der Waals surface area contributed by atoms with Crippen molar-refractivity contribution in [1.29, 1.82) is 0 Å². The van der Waals surface area contributed by atoms with Gasteiger partial charge in [-0.15, -0.1) is 0 Å². The molecule has 0 aliphatic carbocycles. The minimum absolute atomic E-state index is 0.109. The second-order valence-electron chi connectivity index (χ2n) is 11.1. The van der Waals surface area contributed by atoms with Gasteiger partial charge in [0.25, 0.3) is 11.5 Å². The Morgan fingerprint density at radius 2 is 1.81 bits per heavy atom. The molecule has 0 spiro atoms. The lowest BCUT2D eigenvalue weighted by molar-refractivity contribution is 0.0940. The fraction of sp³-hybridized carbons (Fsp3) is 0.370. The maximum atomic E-state index is 13.3. The average molecular weight is 486 g/mol. The zero-order valence-electron chi connectivity index (χ0n) is 21.7. The van der Waals surface area contributed by atoms with Crippen LogP contribution in [0.15, 0.2) is 47.4 Å². The molecular weight excluding hydrogens is 454 g/mol. The maximum Gasteiger partial charge on any atom is 0.278 e. The van der Waals surface area contributed by atoms with Crippen LogP contribution < -0.4 is 16.2 Å². The van der Waals surface area contributed by atoms with Crippen LogP contribution in [0.25, 0.3) is 16.9 Å². The summed E-state index contributed by atoms with van der Waals surface area (Å²) in [6.45, 7) is 14.2. The summed E-state index contributed by atoms with van der Waals surface area (Å²) in [5.74, 6) is 0.828. The first-order valence-corrected chi connectivity index (χ1v) is 12.1. The van der Waals surface area contributed by atoms with E-state index >= 15 is 0 Å². The Hall–Kier alpha value is -4.01. The first-order chi connectivity index (χ1) is 16.9. The number of amides is 1. The van der Waals surface area contributed by atoms with E-state index in [1.165, 1.54) is 0 Å². The van der Waals surface area contributed by atoms with Gasteiger partial charge in [0.1, 0.15) is 5.39 Å². The molecule has 1 aromatic carbocycles. The molecule has 4 aromatic rings. The number of hydrogen-bond donors (Lipinski definition) is 2. The van der Waals surface area contributed by atoms with E-state index in [-0.39, 0.29) is 22.9 Å². The lowest BCUT2D eigenvalue weighted by Crippen LogP contribution is -2.32. The molecule has 0 bridgehead atoms. The molecular formula is C27H31N7O2. The predicted octanol–water partition coefficient (Wildman–Crippen LogP) is 4.58. The number of benzene rings is 1. The third-order valence-electron chi connectivity index (χ3n) is 6.45. The Balaban J connectivity index is 1.63. The summed E-state index contributed by atoms with van der Waals surface area (Å²) in [6.07, 6.45) is 1.54. The van der Waals surface area contributed by atoms with Gasteiger partial charge >= 0.3 is 0 Å². The minimum atomic E-state index is -0.412. The predicted molar refractivity (Wildman–Crippen MR) is 140 cm³/mol. The van der Waals surface area contributed by atoms with Gasteiger partial charge in [-0.1, -0.05) is 32.9 Å². The molecule has 2 N–H and O–H groups in total. The summed E-state index contributed by atoms with van der Waals surface area (Å²) in [4.78, 5) is 39.8. The summed E-state index contributed by atoms with van der Waals surface area (Å²) in [5, 5.41) is 6.60. The molecule has 0 radical (unpaired) electrons. The lowest BCUT2D eigenvalue weighted by Gasteiger charge is -2.20. The highest BCUT2D eigenvalue weighted by molar-refractivity contribution is 6.00. The van der Waals surface area contributed by atoms with Gasteiger partial charge in [0.15, 0.2) is 11.5 Å². The van der Waals surface area contributed by atoms with Crippen LogP contribution in [0, 0.1) is 0 Å². The molecule has 1 amide bonds. The molecule has 1 aliphatic heterocycles. The van der Waals surface area contributed by atoms with Crippen molar-refractivity contribution in [3.63, 3.8) is 0 Å². The van der Waals surface area contributed by atoms with Crippen LogP contribution >= 0.6 is 0 Å². The van der Waals surface area contributed by atoms with Gasteiger partial charge in [-0.3, -0.25) is 9.59 Å². The fourth-order valence-electron chi connectivity index (χ4n) is 4.61. The largest absolute Gasteiger partial charge is 0.343 e. The topological polar surface area (TPSA) is 107 Å². The van der Waals surface area contributed by atoms with Crippen LogP contribution in [0.1, 0.15) is 76.1 Å². The number of pyridine rings is 1. The van der Waals surface area contributed by atoms with E-state index in [4.69, 9.17) is 9.97 Å².